The van der Waals surface area contributed by atoms with E-state index >= 15 is 0 Å². The summed E-state index contributed by atoms with van der Waals surface area (Å²) >= 11 is 0. The fraction of sp³-hybridized carbons (Fsp3) is 0.625. The number of aliphatic hydroxyl groups excluding tert-OH is 1. The van der Waals surface area contributed by atoms with E-state index in [2.05, 4.69) is 19.2 Å². The van der Waals surface area contributed by atoms with Gasteiger partial charge in [-0.3, -0.25) is 0 Å². The molecule has 2 N–H and O–H groups in total. The minimum absolute atomic E-state index is 0.00190. The van der Waals surface area contributed by atoms with E-state index in [1.54, 1.807) is 14.2 Å². The number of aliphatic hydroxyl groups is 1. The number of rotatable bonds is 8. The number of hydrogen-bond acceptors (Lipinski definition) is 4. The van der Waals surface area contributed by atoms with Crippen molar-refractivity contribution >= 4 is 0 Å². The number of hydrogen-bond donors (Lipinski definition) is 2. The van der Waals surface area contributed by atoms with Gasteiger partial charge in [-0.25, -0.2) is 0 Å². The molecule has 0 bridgehead atoms. The lowest BCUT2D eigenvalue weighted by Crippen LogP contribution is -2.40. The van der Waals surface area contributed by atoms with E-state index in [4.69, 9.17) is 9.47 Å². The predicted molar refractivity (Wildman–Crippen MR) is 81.2 cm³/mol. The molecule has 0 fully saturated rings. The summed E-state index contributed by atoms with van der Waals surface area (Å²) in [5.74, 6) is 1.17. The molecule has 4 heteroatoms. The van der Waals surface area contributed by atoms with Gasteiger partial charge in [0.25, 0.3) is 0 Å². The van der Waals surface area contributed by atoms with Crippen LogP contribution < -0.4 is 10.1 Å². The molecule has 0 amide bonds. The highest BCUT2D eigenvalue weighted by molar-refractivity contribution is 5.37. The number of benzene rings is 1. The van der Waals surface area contributed by atoms with Crippen LogP contribution in [0.3, 0.4) is 0 Å². The molecule has 0 aliphatic heterocycles. The van der Waals surface area contributed by atoms with E-state index in [-0.39, 0.29) is 6.04 Å². The first-order valence-corrected chi connectivity index (χ1v) is 7.06. The average molecular weight is 281 g/mol. The molecule has 0 aliphatic rings. The summed E-state index contributed by atoms with van der Waals surface area (Å²) in [4.78, 5) is 0. The highest BCUT2D eigenvalue weighted by Crippen LogP contribution is 2.26. The molecule has 2 atom stereocenters. The molecule has 2 unspecified atom stereocenters. The Morgan fingerprint density at radius 1 is 1.25 bits per heavy atom. The Bertz CT molecular complexity index is 407. The third kappa shape index (κ3) is 4.47. The van der Waals surface area contributed by atoms with E-state index in [0.29, 0.717) is 12.5 Å². The van der Waals surface area contributed by atoms with E-state index in [1.807, 2.05) is 25.1 Å². The Morgan fingerprint density at radius 2 is 1.95 bits per heavy atom. The molecular formula is C16H27NO3. The molecule has 1 aromatic carbocycles. The molecule has 20 heavy (non-hydrogen) atoms. The van der Waals surface area contributed by atoms with E-state index in [9.17, 15) is 5.11 Å². The summed E-state index contributed by atoms with van der Waals surface area (Å²) < 4.78 is 10.3. The predicted octanol–water partition coefficient (Wildman–Crippen LogP) is 2.30. The molecule has 0 heterocycles. The van der Waals surface area contributed by atoms with Gasteiger partial charge in [-0.2, -0.15) is 0 Å². The number of aryl methyl sites for hydroxylation is 1. The van der Waals surface area contributed by atoms with Crippen molar-refractivity contribution < 1.29 is 14.6 Å². The summed E-state index contributed by atoms with van der Waals surface area (Å²) in [6, 6.07) is 5.80. The van der Waals surface area contributed by atoms with Gasteiger partial charge in [-0.1, -0.05) is 19.9 Å². The monoisotopic (exact) mass is 281 g/mol. The van der Waals surface area contributed by atoms with Crippen molar-refractivity contribution in [1.29, 1.82) is 0 Å². The molecule has 0 spiro atoms. The molecule has 0 radical (unpaired) electrons. The van der Waals surface area contributed by atoms with Crippen molar-refractivity contribution in [3.05, 3.63) is 29.3 Å². The number of nitrogens with one attached hydrogen (secondary N) is 1. The van der Waals surface area contributed by atoms with Crippen LogP contribution in [0.5, 0.6) is 5.75 Å². The van der Waals surface area contributed by atoms with Crippen LogP contribution in [0.25, 0.3) is 0 Å². The van der Waals surface area contributed by atoms with Gasteiger partial charge in [-0.15, -0.1) is 0 Å². The molecule has 1 aromatic rings. The molecular weight excluding hydrogens is 254 g/mol. The fourth-order valence-electron chi connectivity index (χ4n) is 2.33. The Balaban J connectivity index is 2.83. The summed E-state index contributed by atoms with van der Waals surface area (Å²) in [6.07, 6.45) is -0.545. The summed E-state index contributed by atoms with van der Waals surface area (Å²) in [5.41, 5.74) is 1.94. The molecule has 4 nitrogen and oxygen atoms in total. The van der Waals surface area contributed by atoms with Gasteiger partial charge < -0.3 is 19.9 Å². The maximum absolute atomic E-state index is 10.6. The highest BCUT2D eigenvalue weighted by atomic mass is 16.5. The van der Waals surface area contributed by atoms with Gasteiger partial charge >= 0.3 is 0 Å². The van der Waals surface area contributed by atoms with Crippen molar-refractivity contribution in [3.63, 3.8) is 0 Å². The average Bonchev–Trinajstić information content (AvgIpc) is 2.42. The smallest absolute Gasteiger partial charge is 0.121 e. The lowest BCUT2D eigenvalue weighted by molar-refractivity contribution is 0.0977. The lowest BCUT2D eigenvalue weighted by atomic mass is 9.92. The minimum atomic E-state index is -0.545. The van der Waals surface area contributed by atoms with Gasteiger partial charge in [0.15, 0.2) is 0 Å². The van der Waals surface area contributed by atoms with Gasteiger partial charge in [0.2, 0.25) is 0 Å². The van der Waals surface area contributed by atoms with Gasteiger partial charge in [0.1, 0.15) is 5.75 Å². The normalized spacial score (nSPS) is 14.3. The van der Waals surface area contributed by atoms with E-state index in [0.717, 1.165) is 23.4 Å². The van der Waals surface area contributed by atoms with Crippen LogP contribution in [0.2, 0.25) is 0 Å². The number of ether oxygens (including phenoxy) is 2. The minimum Gasteiger partial charge on any atom is -0.496 e. The summed E-state index contributed by atoms with van der Waals surface area (Å²) in [5, 5.41) is 14.0. The zero-order valence-electron chi connectivity index (χ0n) is 13.1. The van der Waals surface area contributed by atoms with Crippen LogP contribution in [-0.4, -0.2) is 38.5 Å². The van der Waals surface area contributed by atoms with Gasteiger partial charge in [0.05, 0.1) is 19.8 Å². The zero-order chi connectivity index (χ0) is 15.1. The molecule has 0 saturated carbocycles. The first kappa shape index (κ1) is 17.0. The van der Waals surface area contributed by atoms with Crippen molar-refractivity contribution in [2.45, 2.75) is 32.9 Å². The Morgan fingerprint density at radius 3 is 2.45 bits per heavy atom. The van der Waals surface area contributed by atoms with Gasteiger partial charge in [0, 0.05) is 19.7 Å². The Kier molecular flexibility index (Phi) is 6.99. The molecule has 114 valence electrons. The first-order chi connectivity index (χ1) is 9.51. The van der Waals surface area contributed by atoms with Crippen LogP contribution in [0, 0.1) is 12.8 Å². The lowest BCUT2D eigenvalue weighted by Gasteiger charge is -2.28. The second-order valence-electron chi connectivity index (χ2n) is 5.39. The standard InChI is InChI=1S/C16H27NO3/c1-11(2)15(17-8-9-19-4)16(18)13-6-7-14(20-5)12(3)10-13/h6-7,10-11,15-18H,8-9H2,1-5H3. The van der Waals surface area contributed by atoms with Gasteiger partial charge in [-0.05, 0) is 36.1 Å². The quantitative estimate of drug-likeness (QED) is 0.718. The van der Waals surface area contributed by atoms with E-state index in [1.165, 1.54) is 0 Å². The molecule has 0 saturated heterocycles. The highest BCUT2D eigenvalue weighted by Gasteiger charge is 2.23. The SMILES string of the molecule is COCCNC(C(C)C)C(O)c1ccc(OC)c(C)c1. The van der Waals surface area contributed by atoms with Crippen LogP contribution in [0.15, 0.2) is 18.2 Å². The fourth-order valence-corrected chi connectivity index (χ4v) is 2.33. The molecule has 1 rings (SSSR count). The topological polar surface area (TPSA) is 50.7 Å². The van der Waals surface area contributed by atoms with Crippen LogP contribution in [0.1, 0.15) is 31.1 Å². The van der Waals surface area contributed by atoms with Crippen molar-refractivity contribution in [2.24, 2.45) is 5.92 Å². The Hall–Kier alpha value is -1.10. The van der Waals surface area contributed by atoms with Crippen LogP contribution in [0.4, 0.5) is 0 Å². The summed E-state index contributed by atoms with van der Waals surface area (Å²) in [6.45, 7) is 7.55. The second-order valence-corrected chi connectivity index (χ2v) is 5.39. The summed E-state index contributed by atoms with van der Waals surface area (Å²) in [7, 11) is 3.33. The largest absolute Gasteiger partial charge is 0.496 e. The number of methoxy groups -OCH3 is 2. The maximum Gasteiger partial charge on any atom is 0.121 e. The van der Waals surface area contributed by atoms with Crippen molar-refractivity contribution in [1.82, 2.24) is 5.32 Å². The van der Waals surface area contributed by atoms with Crippen LogP contribution >= 0.6 is 0 Å². The maximum atomic E-state index is 10.6. The van der Waals surface area contributed by atoms with E-state index < -0.39 is 6.10 Å². The van der Waals surface area contributed by atoms with Crippen molar-refractivity contribution in [2.75, 3.05) is 27.4 Å². The molecule has 0 aromatic heterocycles. The second kappa shape index (κ2) is 8.25. The van der Waals surface area contributed by atoms with Crippen LogP contribution in [-0.2, 0) is 4.74 Å². The molecule has 0 aliphatic carbocycles. The van der Waals surface area contributed by atoms with Crippen molar-refractivity contribution in [3.8, 4) is 5.75 Å². The third-order valence-electron chi connectivity index (χ3n) is 3.51. The first-order valence-electron chi connectivity index (χ1n) is 7.06. The zero-order valence-corrected chi connectivity index (χ0v) is 13.1. The third-order valence-corrected chi connectivity index (χ3v) is 3.51. The Labute approximate surface area is 122 Å².